The van der Waals surface area contributed by atoms with Crippen molar-refractivity contribution in [3.05, 3.63) is 122 Å². The summed E-state index contributed by atoms with van der Waals surface area (Å²) >= 11 is 0. The van der Waals surface area contributed by atoms with Crippen molar-refractivity contribution in [2.45, 2.75) is 309 Å². The quantitative estimate of drug-likeness (QED) is 0.0205. The smallest absolute Gasteiger partial charge is 0.456 e. The number of nitrogens with one attached hydrogen (secondary N) is 1. The number of hydrogen-bond acceptors (Lipinski definition) is 6. The zero-order valence-electron chi connectivity index (χ0n) is 56.5. The van der Waals surface area contributed by atoms with Gasteiger partial charge in [-0.2, -0.15) is 0 Å². The van der Waals surface area contributed by atoms with Gasteiger partial charge in [0.2, 0.25) is 5.91 Å². The van der Waals surface area contributed by atoms with Crippen LogP contribution in [0.5, 0.6) is 0 Å². The first-order valence-corrected chi connectivity index (χ1v) is 36.9. The maximum Gasteiger partial charge on any atom is 0.472 e. The molecular weight excluding hydrogens is 1080 g/mol. The highest BCUT2D eigenvalue weighted by Gasteiger charge is 2.30. The third-order valence-corrected chi connectivity index (χ3v) is 16.1. The molecule has 3 unspecified atom stereocenters. The van der Waals surface area contributed by atoms with Gasteiger partial charge in [-0.25, -0.2) is 4.57 Å². The SMILES string of the molecule is CC/C=C\C/C=C\C/C=C\C/C=C\C/C=C\CCCCCCCCCC(=O)NC(COP(=O)(O)OCC[N+](C)(C)C)C(/C=C/CCCCCCCCCCCC)OC(=O)CCCCCCCCCCC/C=C\C/C=C\C/C=C\C/C=C\CCCCC. The van der Waals surface area contributed by atoms with Gasteiger partial charge in [0, 0.05) is 12.8 Å². The number of quaternary nitrogens is 1. The van der Waals surface area contributed by atoms with Crippen LogP contribution in [-0.2, 0) is 27.9 Å². The van der Waals surface area contributed by atoms with Crippen molar-refractivity contribution in [2.24, 2.45) is 0 Å². The van der Waals surface area contributed by atoms with Crippen molar-refractivity contribution < 1.29 is 37.3 Å². The van der Waals surface area contributed by atoms with Crippen LogP contribution in [-0.4, -0.2) is 74.3 Å². The van der Waals surface area contributed by atoms with E-state index in [2.05, 4.69) is 135 Å². The van der Waals surface area contributed by atoms with Crippen LogP contribution in [0.25, 0.3) is 0 Å². The van der Waals surface area contributed by atoms with Crippen LogP contribution in [0.1, 0.15) is 297 Å². The summed E-state index contributed by atoms with van der Waals surface area (Å²) in [7, 11) is 1.47. The zero-order chi connectivity index (χ0) is 62.8. The molecule has 10 heteroatoms. The lowest BCUT2D eigenvalue weighted by Crippen LogP contribution is -2.47. The van der Waals surface area contributed by atoms with E-state index in [-0.39, 0.29) is 31.5 Å². The number of phosphoric acid groups is 1. The molecule has 9 nitrogen and oxygen atoms in total. The summed E-state index contributed by atoms with van der Waals surface area (Å²) in [5.74, 6) is -0.527. The lowest BCUT2D eigenvalue weighted by atomic mass is 10.0. The topological polar surface area (TPSA) is 111 Å². The van der Waals surface area contributed by atoms with Gasteiger partial charge in [0.05, 0.1) is 33.8 Å². The zero-order valence-corrected chi connectivity index (χ0v) is 57.4. The largest absolute Gasteiger partial charge is 0.472 e. The van der Waals surface area contributed by atoms with E-state index in [9.17, 15) is 19.0 Å². The number of allylic oxidation sites excluding steroid dienone is 19. The maximum atomic E-state index is 13.6. The summed E-state index contributed by atoms with van der Waals surface area (Å²) in [6.07, 6.45) is 90.6. The Morgan fingerprint density at radius 1 is 0.419 bits per heavy atom. The van der Waals surface area contributed by atoms with E-state index in [1.54, 1.807) is 0 Å². The van der Waals surface area contributed by atoms with Gasteiger partial charge >= 0.3 is 13.8 Å². The summed E-state index contributed by atoms with van der Waals surface area (Å²) in [6.45, 7) is 6.86. The fraction of sp³-hybridized carbons (Fsp3) is 0.711. The monoisotopic (exact) mass is 1220 g/mol. The molecule has 86 heavy (non-hydrogen) atoms. The van der Waals surface area contributed by atoms with E-state index in [4.69, 9.17) is 13.8 Å². The molecule has 0 aliphatic rings. The lowest BCUT2D eigenvalue weighted by molar-refractivity contribution is -0.870. The van der Waals surface area contributed by atoms with Crippen molar-refractivity contribution in [2.75, 3.05) is 40.9 Å². The normalized spacial score (nSPS) is 14.3. The van der Waals surface area contributed by atoms with Crippen molar-refractivity contribution in [1.82, 2.24) is 5.32 Å². The Kier molecular flexibility index (Phi) is 61.7. The first-order valence-electron chi connectivity index (χ1n) is 35.4. The Hall–Kier alpha value is -3.59. The van der Waals surface area contributed by atoms with Crippen LogP contribution >= 0.6 is 7.82 Å². The van der Waals surface area contributed by atoms with Gasteiger partial charge in [-0.15, -0.1) is 0 Å². The second kappa shape index (κ2) is 64.4. The Bertz CT molecular complexity index is 1890. The first-order chi connectivity index (χ1) is 41.9. The molecule has 1 amide bonds. The van der Waals surface area contributed by atoms with Crippen molar-refractivity contribution in [3.63, 3.8) is 0 Å². The Labute approximate surface area is 531 Å². The molecule has 0 radical (unpaired) electrons. The second-order valence-electron chi connectivity index (χ2n) is 24.7. The third-order valence-electron chi connectivity index (χ3n) is 15.1. The van der Waals surface area contributed by atoms with Gasteiger partial charge in [-0.3, -0.25) is 18.6 Å². The summed E-state index contributed by atoms with van der Waals surface area (Å²) in [4.78, 5) is 37.9. The summed E-state index contributed by atoms with van der Waals surface area (Å²) in [6, 6.07) is -0.866. The Morgan fingerprint density at radius 3 is 1.14 bits per heavy atom. The van der Waals surface area contributed by atoms with Gasteiger partial charge in [-0.1, -0.05) is 284 Å². The fourth-order valence-electron chi connectivity index (χ4n) is 9.72. The van der Waals surface area contributed by atoms with Crippen LogP contribution in [0.15, 0.2) is 122 Å². The molecule has 0 bridgehead atoms. The molecule has 0 spiro atoms. The molecule has 0 rings (SSSR count). The van der Waals surface area contributed by atoms with Crippen LogP contribution in [0.4, 0.5) is 0 Å². The minimum absolute atomic E-state index is 0.0309. The highest BCUT2D eigenvalue weighted by Crippen LogP contribution is 2.43. The molecular formula is C76H134N2O7P+. The summed E-state index contributed by atoms with van der Waals surface area (Å²) in [5.41, 5.74) is 0. The van der Waals surface area contributed by atoms with Gasteiger partial charge in [-0.05, 0) is 122 Å². The van der Waals surface area contributed by atoms with E-state index in [0.717, 1.165) is 135 Å². The molecule has 0 aromatic heterocycles. The van der Waals surface area contributed by atoms with E-state index in [1.165, 1.54) is 128 Å². The predicted octanol–water partition coefficient (Wildman–Crippen LogP) is 22.6. The van der Waals surface area contributed by atoms with Crippen LogP contribution in [0.2, 0.25) is 0 Å². The molecule has 0 heterocycles. The first kappa shape index (κ1) is 82.4. The van der Waals surface area contributed by atoms with E-state index in [1.807, 2.05) is 33.3 Å². The number of ether oxygens (including phenoxy) is 1. The molecule has 0 aromatic carbocycles. The third kappa shape index (κ3) is 64.9. The summed E-state index contributed by atoms with van der Waals surface area (Å²) in [5, 5.41) is 3.06. The van der Waals surface area contributed by atoms with Crippen LogP contribution in [0, 0.1) is 0 Å². The fourth-order valence-corrected chi connectivity index (χ4v) is 10.5. The Balaban J connectivity index is 5.14. The molecule has 3 atom stereocenters. The molecule has 0 aliphatic heterocycles. The number of amides is 1. The standard InChI is InChI=1S/C76H133N2O7P/c1-7-10-13-16-19-22-25-28-30-32-34-36-38-39-41-43-45-47-49-51-54-57-60-63-66-69-76(80)85-74(67-64-61-58-55-52-27-24-21-18-15-12-9-3)73(72-84-86(81,82)83-71-70-78(4,5)6)77-75(79)68-65-62-59-56-53-50-48-46-44-42-40-37-35-33-31-29-26-23-20-17-14-11-8-2/h11,14,19-20,22-23,28-31,34-37,39,41-42,44,64,67,73-74H,7-10,12-13,15-18,21,24-27,32-33,38,40,43,45-63,65-66,68-72H2,1-6H3,(H-,77,79,81,82)/p+1/b14-11-,22-19-,23-20-,30-28-,31-29-,36-34-,37-35-,41-39-,44-42-,67-64+. The molecule has 0 fully saturated rings. The minimum Gasteiger partial charge on any atom is -0.456 e. The molecule has 2 N–H and O–H groups in total. The molecule has 0 saturated heterocycles. The van der Waals surface area contributed by atoms with Gasteiger partial charge in [0.15, 0.2) is 0 Å². The summed E-state index contributed by atoms with van der Waals surface area (Å²) < 4.78 is 30.8. The number of rotatable bonds is 63. The van der Waals surface area contributed by atoms with Crippen molar-refractivity contribution in [1.29, 1.82) is 0 Å². The van der Waals surface area contributed by atoms with E-state index in [0.29, 0.717) is 17.4 Å². The van der Waals surface area contributed by atoms with Gasteiger partial charge in [0.25, 0.3) is 0 Å². The number of nitrogens with zero attached hydrogens (tertiary/aromatic N) is 1. The average Bonchev–Trinajstić information content (AvgIpc) is 3.66. The molecule has 0 aliphatic carbocycles. The molecule has 494 valence electrons. The highest BCUT2D eigenvalue weighted by molar-refractivity contribution is 7.47. The van der Waals surface area contributed by atoms with Crippen molar-refractivity contribution in [3.8, 4) is 0 Å². The number of carbonyl (C=O) groups excluding carboxylic acids is 2. The average molecular weight is 1220 g/mol. The Morgan fingerprint density at radius 2 is 0.744 bits per heavy atom. The number of esters is 1. The van der Waals surface area contributed by atoms with Gasteiger partial charge < -0.3 is 19.4 Å². The number of hydrogen-bond donors (Lipinski definition) is 2. The number of phosphoric ester groups is 1. The number of likely N-dealkylation sites (N-methyl/N-ethyl adjacent to an activating group) is 1. The molecule has 0 aromatic rings. The highest BCUT2D eigenvalue weighted by atomic mass is 31.2. The number of carbonyl (C=O) groups is 2. The lowest BCUT2D eigenvalue weighted by Gasteiger charge is -2.27. The predicted molar refractivity (Wildman–Crippen MR) is 373 cm³/mol. The van der Waals surface area contributed by atoms with Crippen LogP contribution < -0.4 is 5.32 Å². The second-order valence-corrected chi connectivity index (χ2v) is 26.1. The van der Waals surface area contributed by atoms with E-state index < -0.39 is 20.0 Å². The molecule has 0 saturated carbocycles. The maximum absolute atomic E-state index is 13.6. The van der Waals surface area contributed by atoms with E-state index >= 15 is 0 Å². The number of unbranched alkanes of at least 4 members (excludes halogenated alkanes) is 29. The minimum atomic E-state index is -4.47. The van der Waals surface area contributed by atoms with Gasteiger partial charge in [0.1, 0.15) is 19.3 Å². The van der Waals surface area contributed by atoms with Crippen molar-refractivity contribution >= 4 is 19.7 Å². The van der Waals surface area contributed by atoms with Crippen LogP contribution in [0.3, 0.4) is 0 Å².